The average Bonchev–Trinajstić information content (AvgIpc) is 3.03. The Bertz CT molecular complexity index is 787. The lowest BCUT2D eigenvalue weighted by Gasteiger charge is -2.02. The van der Waals surface area contributed by atoms with Gasteiger partial charge in [0.05, 0.1) is 5.69 Å². The van der Waals surface area contributed by atoms with Gasteiger partial charge in [0.15, 0.2) is 5.13 Å². The quantitative estimate of drug-likeness (QED) is 0.606. The normalized spacial score (nSPS) is 10.5. The fraction of sp³-hybridized carbons (Fsp3) is 0.118. The fourth-order valence-corrected chi connectivity index (χ4v) is 3.17. The topological polar surface area (TPSA) is 54.9 Å². The summed E-state index contributed by atoms with van der Waals surface area (Å²) in [7, 11) is 0. The predicted molar refractivity (Wildman–Crippen MR) is 101 cm³/mol. The van der Waals surface area contributed by atoms with Crippen molar-refractivity contribution >= 4 is 45.0 Å². The van der Waals surface area contributed by atoms with Gasteiger partial charge in [-0.15, -0.1) is 11.3 Å². The number of amides is 1. The summed E-state index contributed by atoms with van der Waals surface area (Å²) in [6.07, 6.45) is 4.61. The zero-order chi connectivity index (χ0) is 16.1. The van der Waals surface area contributed by atoms with Crippen molar-refractivity contribution in [2.45, 2.75) is 12.8 Å². The van der Waals surface area contributed by atoms with E-state index in [1.165, 1.54) is 14.9 Å². The molecule has 4 nitrogen and oxygen atoms in total. The number of halogens is 1. The van der Waals surface area contributed by atoms with Gasteiger partial charge in [0.2, 0.25) is 5.91 Å². The van der Waals surface area contributed by atoms with E-state index in [9.17, 15) is 4.79 Å². The maximum absolute atomic E-state index is 12.0. The van der Waals surface area contributed by atoms with E-state index in [-0.39, 0.29) is 5.91 Å². The minimum absolute atomic E-state index is 0.0302. The lowest BCUT2D eigenvalue weighted by Crippen LogP contribution is -2.12. The smallest absolute Gasteiger partial charge is 0.226 e. The number of pyridine rings is 1. The van der Waals surface area contributed by atoms with E-state index in [4.69, 9.17) is 0 Å². The van der Waals surface area contributed by atoms with Gasteiger partial charge >= 0.3 is 0 Å². The molecule has 1 amide bonds. The Morgan fingerprint density at radius 3 is 2.78 bits per heavy atom. The van der Waals surface area contributed by atoms with Crippen molar-refractivity contribution in [3.8, 4) is 11.3 Å². The van der Waals surface area contributed by atoms with E-state index in [0.717, 1.165) is 16.8 Å². The van der Waals surface area contributed by atoms with E-state index >= 15 is 0 Å². The molecule has 0 unspecified atom stereocenters. The monoisotopic (exact) mass is 435 g/mol. The van der Waals surface area contributed by atoms with E-state index in [1.54, 1.807) is 12.4 Å². The largest absolute Gasteiger partial charge is 0.302 e. The average molecular weight is 435 g/mol. The molecule has 0 saturated carbocycles. The van der Waals surface area contributed by atoms with Crippen LogP contribution < -0.4 is 5.32 Å². The Balaban J connectivity index is 1.58. The molecule has 0 aliphatic rings. The van der Waals surface area contributed by atoms with E-state index in [0.29, 0.717) is 18.0 Å². The molecule has 116 valence electrons. The van der Waals surface area contributed by atoms with Crippen molar-refractivity contribution < 1.29 is 4.79 Å². The second kappa shape index (κ2) is 7.65. The molecular weight excluding hydrogens is 421 g/mol. The molecule has 2 heterocycles. The van der Waals surface area contributed by atoms with Gasteiger partial charge in [-0.25, -0.2) is 4.98 Å². The first-order valence-electron chi connectivity index (χ1n) is 7.11. The summed E-state index contributed by atoms with van der Waals surface area (Å²) >= 11 is 3.71. The second-order valence-corrected chi connectivity index (χ2v) is 7.06. The van der Waals surface area contributed by atoms with E-state index in [1.807, 2.05) is 41.8 Å². The van der Waals surface area contributed by atoms with Crippen molar-refractivity contribution in [2.24, 2.45) is 0 Å². The summed E-state index contributed by atoms with van der Waals surface area (Å²) < 4.78 is 1.19. The number of anilines is 1. The molecular formula is C17H14IN3OS. The molecule has 3 rings (SSSR count). The molecule has 0 aliphatic carbocycles. The van der Waals surface area contributed by atoms with Crippen molar-refractivity contribution in [2.75, 3.05) is 5.32 Å². The van der Waals surface area contributed by atoms with Crippen LogP contribution in [0, 0.1) is 3.57 Å². The van der Waals surface area contributed by atoms with Gasteiger partial charge in [-0.1, -0.05) is 18.2 Å². The van der Waals surface area contributed by atoms with Crippen LogP contribution in [0.1, 0.15) is 12.0 Å². The minimum atomic E-state index is -0.0302. The standard InChI is InChI=1S/C17H14IN3OS/c18-14-6-4-13(5-7-14)15-11-23-17(20-15)21-16(22)8-3-12-2-1-9-19-10-12/h1-2,4-7,9-11H,3,8H2,(H,20,21,22). The highest BCUT2D eigenvalue weighted by atomic mass is 127. The van der Waals surface area contributed by atoms with Crippen LogP contribution in [-0.4, -0.2) is 15.9 Å². The predicted octanol–water partition coefficient (Wildman–Crippen LogP) is 4.38. The summed E-state index contributed by atoms with van der Waals surface area (Å²) in [5, 5.41) is 5.45. The molecule has 0 bridgehead atoms. The molecule has 6 heteroatoms. The number of nitrogens with zero attached hydrogens (tertiary/aromatic N) is 2. The summed E-state index contributed by atoms with van der Waals surface area (Å²) in [4.78, 5) is 20.5. The number of benzene rings is 1. The number of rotatable bonds is 5. The maximum Gasteiger partial charge on any atom is 0.226 e. The first-order valence-corrected chi connectivity index (χ1v) is 9.07. The third kappa shape index (κ3) is 4.59. The lowest BCUT2D eigenvalue weighted by molar-refractivity contribution is -0.116. The Morgan fingerprint density at radius 1 is 1.22 bits per heavy atom. The molecule has 2 aromatic heterocycles. The van der Waals surface area contributed by atoms with Crippen LogP contribution in [0.15, 0.2) is 54.2 Å². The number of aryl methyl sites for hydroxylation is 1. The lowest BCUT2D eigenvalue weighted by atomic mass is 10.1. The molecule has 0 atom stereocenters. The maximum atomic E-state index is 12.0. The first-order chi connectivity index (χ1) is 11.2. The molecule has 0 aliphatic heterocycles. The second-order valence-electron chi connectivity index (χ2n) is 4.95. The molecule has 1 aromatic carbocycles. The Hall–Kier alpha value is -1.80. The van der Waals surface area contributed by atoms with E-state index < -0.39 is 0 Å². The summed E-state index contributed by atoms with van der Waals surface area (Å²) in [6.45, 7) is 0. The van der Waals surface area contributed by atoms with Gasteiger partial charge in [-0.2, -0.15) is 0 Å². The van der Waals surface area contributed by atoms with Crippen molar-refractivity contribution in [3.63, 3.8) is 0 Å². The number of thiazole rings is 1. The third-order valence-corrected chi connectivity index (χ3v) is 4.73. The summed E-state index contributed by atoms with van der Waals surface area (Å²) in [5.74, 6) is -0.0302. The van der Waals surface area contributed by atoms with Gasteiger partial charge in [0, 0.05) is 33.3 Å². The minimum Gasteiger partial charge on any atom is -0.302 e. The van der Waals surface area contributed by atoms with Crippen LogP contribution in [0.25, 0.3) is 11.3 Å². The first kappa shape index (κ1) is 16.1. The van der Waals surface area contributed by atoms with Crippen molar-refractivity contribution in [1.82, 2.24) is 9.97 Å². The number of carbonyl (C=O) groups is 1. The molecule has 0 spiro atoms. The van der Waals surface area contributed by atoms with Crippen LogP contribution in [0.4, 0.5) is 5.13 Å². The number of nitrogens with one attached hydrogen (secondary N) is 1. The molecule has 1 N–H and O–H groups in total. The Morgan fingerprint density at radius 2 is 2.04 bits per heavy atom. The van der Waals surface area contributed by atoms with Gasteiger partial charge in [-0.05, 0) is 52.8 Å². The summed E-state index contributed by atoms with van der Waals surface area (Å²) in [6, 6.07) is 12.0. The van der Waals surface area contributed by atoms with Crippen LogP contribution in [0.5, 0.6) is 0 Å². The van der Waals surface area contributed by atoms with Crippen LogP contribution in [0.3, 0.4) is 0 Å². The van der Waals surface area contributed by atoms with Gasteiger partial charge in [0.1, 0.15) is 0 Å². The highest BCUT2D eigenvalue weighted by molar-refractivity contribution is 14.1. The molecule has 3 aromatic rings. The molecule has 0 radical (unpaired) electrons. The highest BCUT2D eigenvalue weighted by Gasteiger charge is 2.08. The zero-order valence-corrected chi connectivity index (χ0v) is 15.2. The van der Waals surface area contributed by atoms with Crippen LogP contribution >= 0.6 is 33.9 Å². The molecule has 0 fully saturated rings. The Labute approximate surface area is 152 Å². The zero-order valence-electron chi connectivity index (χ0n) is 12.2. The number of hydrogen-bond donors (Lipinski definition) is 1. The van der Waals surface area contributed by atoms with Gasteiger partial charge in [-0.3, -0.25) is 9.78 Å². The summed E-state index contributed by atoms with van der Waals surface area (Å²) in [5.41, 5.74) is 2.99. The third-order valence-electron chi connectivity index (χ3n) is 3.25. The van der Waals surface area contributed by atoms with Crippen LogP contribution in [-0.2, 0) is 11.2 Å². The number of carbonyl (C=O) groups excluding carboxylic acids is 1. The van der Waals surface area contributed by atoms with Crippen LogP contribution in [0.2, 0.25) is 0 Å². The highest BCUT2D eigenvalue weighted by Crippen LogP contribution is 2.25. The van der Waals surface area contributed by atoms with Crippen molar-refractivity contribution in [3.05, 3.63) is 63.3 Å². The van der Waals surface area contributed by atoms with Gasteiger partial charge in [0.25, 0.3) is 0 Å². The number of aromatic nitrogens is 2. The fourth-order valence-electron chi connectivity index (χ4n) is 2.07. The number of hydrogen-bond acceptors (Lipinski definition) is 4. The van der Waals surface area contributed by atoms with Crippen molar-refractivity contribution in [1.29, 1.82) is 0 Å². The molecule has 23 heavy (non-hydrogen) atoms. The van der Waals surface area contributed by atoms with Gasteiger partial charge < -0.3 is 5.32 Å². The molecule has 0 saturated heterocycles. The SMILES string of the molecule is O=C(CCc1cccnc1)Nc1nc(-c2ccc(I)cc2)cs1. The Kier molecular flexibility index (Phi) is 5.35. The van der Waals surface area contributed by atoms with E-state index in [2.05, 4.69) is 37.9 Å².